The van der Waals surface area contributed by atoms with Gasteiger partial charge in [-0.05, 0) is 44.4 Å². The van der Waals surface area contributed by atoms with Crippen LogP contribution >= 0.6 is 0 Å². The van der Waals surface area contributed by atoms with E-state index in [0.29, 0.717) is 18.2 Å². The number of fused-ring (bicyclic) bond motifs is 1. The number of carbonyl (C=O) groups is 1. The van der Waals surface area contributed by atoms with Crippen molar-refractivity contribution < 1.29 is 4.79 Å². The van der Waals surface area contributed by atoms with Crippen LogP contribution < -0.4 is 10.2 Å². The molecule has 0 bridgehead atoms. The summed E-state index contributed by atoms with van der Waals surface area (Å²) in [7, 11) is 0. The van der Waals surface area contributed by atoms with Gasteiger partial charge in [0, 0.05) is 42.0 Å². The highest BCUT2D eigenvalue weighted by Crippen LogP contribution is 2.40. The van der Waals surface area contributed by atoms with E-state index in [-0.39, 0.29) is 11.8 Å². The summed E-state index contributed by atoms with van der Waals surface area (Å²) in [6.45, 7) is 6.25. The van der Waals surface area contributed by atoms with Crippen LogP contribution in [0.4, 0.5) is 11.6 Å². The van der Waals surface area contributed by atoms with Crippen LogP contribution in [0.2, 0.25) is 0 Å². The third-order valence-electron chi connectivity index (χ3n) is 6.24. The minimum Gasteiger partial charge on any atom is -0.372 e. The van der Waals surface area contributed by atoms with Gasteiger partial charge in [-0.25, -0.2) is 4.68 Å². The lowest BCUT2D eigenvalue weighted by Gasteiger charge is -2.32. The van der Waals surface area contributed by atoms with Crippen LogP contribution in [0, 0.1) is 0 Å². The maximum absolute atomic E-state index is 13.0. The van der Waals surface area contributed by atoms with E-state index < -0.39 is 0 Å². The van der Waals surface area contributed by atoms with Gasteiger partial charge in [0.15, 0.2) is 11.6 Å². The third-order valence-corrected chi connectivity index (χ3v) is 6.24. The van der Waals surface area contributed by atoms with Crippen molar-refractivity contribution in [2.24, 2.45) is 0 Å². The van der Waals surface area contributed by atoms with E-state index in [0.717, 1.165) is 48.3 Å². The normalized spacial score (nSPS) is 17.7. The Hall–Kier alpha value is -3.41. The summed E-state index contributed by atoms with van der Waals surface area (Å²) >= 11 is 0. The summed E-state index contributed by atoms with van der Waals surface area (Å²) in [5, 5.41) is 8.25. The Balaban J connectivity index is 1.61. The van der Waals surface area contributed by atoms with Crippen LogP contribution in [0.5, 0.6) is 0 Å². The number of hydrogen-bond donors (Lipinski definition) is 1. The molecule has 1 aliphatic heterocycles. The van der Waals surface area contributed by atoms with Gasteiger partial charge in [0.25, 0.3) is 0 Å². The lowest BCUT2D eigenvalue weighted by Crippen LogP contribution is -2.31. The number of nitrogens with one attached hydrogen (secondary N) is 1. The minimum absolute atomic E-state index is 0.203. The Morgan fingerprint density at radius 2 is 1.77 bits per heavy atom. The SMILES string of the molecule is CCN(CC)c1ccc(C2C3=C(CCCC3=O)Nc3nc(-c4ccccc4)nn32)cc1. The zero-order chi connectivity index (χ0) is 21.4. The van der Waals surface area contributed by atoms with Crippen molar-refractivity contribution in [3.05, 3.63) is 71.4 Å². The fourth-order valence-electron chi connectivity index (χ4n) is 4.63. The number of hydrogen-bond acceptors (Lipinski definition) is 5. The van der Waals surface area contributed by atoms with Gasteiger partial charge >= 0.3 is 0 Å². The monoisotopic (exact) mass is 413 g/mol. The Morgan fingerprint density at radius 3 is 2.48 bits per heavy atom. The maximum atomic E-state index is 13.0. The van der Waals surface area contributed by atoms with Crippen molar-refractivity contribution in [1.29, 1.82) is 0 Å². The second kappa shape index (κ2) is 8.02. The Kier molecular flexibility index (Phi) is 5.06. The van der Waals surface area contributed by atoms with Crippen molar-refractivity contribution >= 4 is 17.4 Å². The average molecular weight is 414 g/mol. The molecule has 1 aliphatic carbocycles. The molecular weight excluding hydrogens is 386 g/mol. The zero-order valence-electron chi connectivity index (χ0n) is 18.0. The molecule has 5 rings (SSSR count). The number of benzene rings is 2. The van der Waals surface area contributed by atoms with E-state index in [1.807, 2.05) is 35.0 Å². The second-order valence-electron chi connectivity index (χ2n) is 8.03. The molecule has 1 N–H and O–H groups in total. The first kappa shape index (κ1) is 19.5. The van der Waals surface area contributed by atoms with Crippen LogP contribution in [-0.4, -0.2) is 33.6 Å². The Labute approximate surface area is 182 Å². The molecule has 6 nitrogen and oxygen atoms in total. The van der Waals surface area contributed by atoms with E-state index in [1.54, 1.807) is 0 Å². The predicted octanol–water partition coefficient (Wildman–Crippen LogP) is 4.81. The van der Waals surface area contributed by atoms with Gasteiger partial charge in [0.2, 0.25) is 5.95 Å². The van der Waals surface area contributed by atoms with E-state index in [2.05, 4.69) is 48.3 Å². The number of aromatic nitrogens is 3. The van der Waals surface area contributed by atoms with Crippen LogP contribution in [0.15, 0.2) is 65.9 Å². The molecule has 0 amide bonds. The molecule has 1 atom stereocenters. The van der Waals surface area contributed by atoms with E-state index in [4.69, 9.17) is 10.1 Å². The van der Waals surface area contributed by atoms with Gasteiger partial charge in [0.05, 0.1) is 0 Å². The molecule has 6 heteroatoms. The number of carbonyl (C=O) groups excluding carboxylic acids is 1. The molecule has 0 saturated carbocycles. The fraction of sp³-hybridized carbons (Fsp3) is 0.320. The number of ketones is 1. The van der Waals surface area contributed by atoms with E-state index >= 15 is 0 Å². The molecule has 2 aliphatic rings. The molecule has 0 radical (unpaired) electrons. The van der Waals surface area contributed by atoms with Gasteiger partial charge in [-0.15, -0.1) is 5.10 Å². The summed E-state index contributed by atoms with van der Waals surface area (Å²) in [5.74, 6) is 1.57. The van der Waals surface area contributed by atoms with Crippen molar-refractivity contribution in [2.75, 3.05) is 23.3 Å². The summed E-state index contributed by atoms with van der Waals surface area (Å²) in [6, 6.07) is 18.3. The van der Waals surface area contributed by atoms with Crippen LogP contribution in [0.3, 0.4) is 0 Å². The fourth-order valence-corrected chi connectivity index (χ4v) is 4.63. The van der Waals surface area contributed by atoms with Crippen LogP contribution in [0.25, 0.3) is 11.4 Å². The zero-order valence-corrected chi connectivity index (χ0v) is 18.0. The van der Waals surface area contributed by atoms with Crippen molar-refractivity contribution in [1.82, 2.24) is 14.8 Å². The number of rotatable bonds is 5. The van der Waals surface area contributed by atoms with Gasteiger partial charge < -0.3 is 10.2 Å². The predicted molar refractivity (Wildman–Crippen MR) is 123 cm³/mol. The molecule has 158 valence electrons. The van der Waals surface area contributed by atoms with Crippen molar-refractivity contribution in [3.63, 3.8) is 0 Å². The molecule has 2 heterocycles. The van der Waals surface area contributed by atoms with Crippen molar-refractivity contribution in [2.45, 2.75) is 39.2 Å². The van der Waals surface area contributed by atoms with Crippen LogP contribution in [-0.2, 0) is 4.79 Å². The van der Waals surface area contributed by atoms with Crippen LogP contribution in [0.1, 0.15) is 44.7 Å². The lowest BCUT2D eigenvalue weighted by molar-refractivity contribution is -0.116. The lowest BCUT2D eigenvalue weighted by atomic mass is 9.85. The van der Waals surface area contributed by atoms with Crippen molar-refractivity contribution in [3.8, 4) is 11.4 Å². The largest absolute Gasteiger partial charge is 0.372 e. The maximum Gasteiger partial charge on any atom is 0.226 e. The molecule has 0 spiro atoms. The number of nitrogens with zero attached hydrogens (tertiary/aromatic N) is 4. The molecule has 31 heavy (non-hydrogen) atoms. The van der Waals surface area contributed by atoms with Gasteiger partial charge in [-0.1, -0.05) is 42.5 Å². The molecule has 2 aromatic carbocycles. The first-order chi connectivity index (χ1) is 15.2. The topological polar surface area (TPSA) is 63.1 Å². The highest BCUT2D eigenvalue weighted by Gasteiger charge is 2.36. The highest BCUT2D eigenvalue weighted by molar-refractivity contribution is 5.99. The highest BCUT2D eigenvalue weighted by atomic mass is 16.1. The summed E-state index contributed by atoms with van der Waals surface area (Å²) in [6.07, 6.45) is 2.32. The summed E-state index contributed by atoms with van der Waals surface area (Å²) < 4.78 is 1.89. The second-order valence-corrected chi connectivity index (χ2v) is 8.03. The molecule has 0 fully saturated rings. The van der Waals surface area contributed by atoms with Gasteiger partial charge in [0.1, 0.15) is 6.04 Å². The first-order valence-electron chi connectivity index (χ1n) is 11.1. The minimum atomic E-state index is -0.255. The molecular formula is C25H27N5O. The standard InChI is InChI=1S/C25H27N5O/c1-3-29(4-2)19-15-13-17(14-16-19)23-22-20(11-8-12-21(22)31)26-25-27-24(28-30(23)25)18-9-6-5-7-10-18/h5-7,9-10,13-16,23H,3-4,8,11-12H2,1-2H3,(H,26,27,28). The number of anilines is 2. The smallest absolute Gasteiger partial charge is 0.226 e. The van der Waals surface area contributed by atoms with E-state index in [1.165, 1.54) is 5.69 Å². The number of allylic oxidation sites excluding steroid dienone is 2. The molecule has 3 aromatic rings. The number of Topliss-reactive ketones (excluding diaryl/α,β-unsaturated/α-hetero) is 1. The summed E-state index contributed by atoms with van der Waals surface area (Å²) in [4.78, 5) is 20.1. The Bertz CT molecular complexity index is 1130. The molecule has 0 saturated heterocycles. The first-order valence-corrected chi connectivity index (χ1v) is 11.1. The average Bonchev–Trinajstić information content (AvgIpc) is 3.24. The molecule has 1 unspecified atom stereocenters. The van der Waals surface area contributed by atoms with Gasteiger partial charge in [-0.2, -0.15) is 4.98 Å². The van der Waals surface area contributed by atoms with E-state index in [9.17, 15) is 4.79 Å². The third kappa shape index (κ3) is 3.42. The summed E-state index contributed by atoms with van der Waals surface area (Å²) in [5.41, 5.74) is 5.04. The Morgan fingerprint density at radius 1 is 1.03 bits per heavy atom. The quantitative estimate of drug-likeness (QED) is 0.650. The molecule has 1 aromatic heterocycles. The van der Waals surface area contributed by atoms with Gasteiger partial charge in [-0.3, -0.25) is 4.79 Å².